The van der Waals surface area contributed by atoms with Crippen LogP contribution in [0.2, 0.25) is 0 Å². The van der Waals surface area contributed by atoms with Gasteiger partial charge in [0, 0.05) is 46.7 Å². The summed E-state index contributed by atoms with van der Waals surface area (Å²) in [6.45, 7) is 4.16. The van der Waals surface area contributed by atoms with Crippen molar-refractivity contribution < 1.29 is 28.8 Å². The molecule has 3 N–H and O–H groups in total. The van der Waals surface area contributed by atoms with Gasteiger partial charge in [-0.3, -0.25) is 29.4 Å². The number of ether oxygens (including phenoxy) is 1. The fraction of sp³-hybridized carbons (Fsp3) is 0.171. The van der Waals surface area contributed by atoms with Crippen molar-refractivity contribution >= 4 is 69.2 Å². The Morgan fingerprint density at radius 1 is 0.927 bits per heavy atom. The van der Waals surface area contributed by atoms with E-state index in [1.807, 2.05) is 18.2 Å². The van der Waals surface area contributed by atoms with Crippen molar-refractivity contribution in [2.24, 2.45) is 0 Å². The smallest absolute Gasteiger partial charge is 0.341 e. The molecular formula is C41H37N5O7S2. The number of benzene rings is 4. The van der Waals surface area contributed by atoms with Gasteiger partial charge in [0.1, 0.15) is 10.7 Å². The molecule has 0 atom stereocenters. The maximum atomic E-state index is 13.6. The first-order valence-corrected chi connectivity index (χ1v) is 19.2. The summed E-state index contributed by atoms with van der Waals surface area (Å²) in [6, 6.07) is 31.1. The summed E-state index contributed by atoms with van der Waals surface area (Å²) >= 11 is 2.63. The number of amides is 3. The molecule has 0 aliphatic carbocycles. The Morgan fingerprint density at radius 3 is 2.40 bits per heavy atom. The summed E-state index contributed by atoms with van der Waals surface area (Å²) < 4.78 is 5.39. The van der Waals surface area contributed by atoms with E-state index in [4.69, 9.17) is 4.74 Å². The zero-order chi connectivity index (χ0) is 38.7. The Balaban J connectivity index is 1.14. The highest BCUT2D eigenvalue weighted by atomic mass is 32.2. The standard InChI is InChI=1S/C41H37N5O7S2/c1-2-53-41(50)37-32-20-21-45(24-27-12-5-3-6-13-27)25-35(32)55-40(37)44-36(47)26-54-31-18-11-17-30(23-31)42-39(49)33(43-38(48)28-14-7-4-8-15-28)22-29-16-9-10-19-34(29)46(51)52/h3-19,22-23H,2,20-21,24-26H2,1H3,(H,42,49)(H,43,48)(H,44,47)/b33-22+. The fourth-order valence-electron chi connectivity index (χ4n) is 5.99. The normalized spacial score (nSPS) is 12.6. The van der Waals surface area contributed by atoms with E-state index in [0.29, 0.717) is 39.7 Å². The van der Waals surface area contributed by atoms with Crippen LogP contribution in [0.4, 0.5) is 16.4 Å². The molecule has 0 bridgehead atoms. The first-order valence-electron chi connectivity index (χ1n) is 17.4. The molecule has 55 heavy (non-hydrogen) atoms. The Labute approximate surface area is 325 Å². The minimum absolute atomic E-state index is 0.0122. The van der Waals surface area contributed by atoms with E-state index >= 15 is 0 Å². The number of nitro groups is 1. The maximum absolute atomic E-state index is 13.6. The van der Waals surface area contributed by atoms with Gasteiger partial charge in [-0.1, -0.05) is 66.7 Å². The van der Waals surface area contributed by atoms with Crippen LogP contribution in [0.25, 0.3) is 6.08 Å². The van der Waals surface area contributed by atoms with Crippen molar-refractivity contribution in [2.75, 3.05) is 29.5 Å². The van der Waals surface area contributed by atoms with Crippen LogP contribution in [0.5, 0.6) is 0 Å². The molecule has 0 radical (unpaired) electrons. The third-order valence-electron chi connectivity index (χ3n) is 8.54. The van der Waals surface area contributed by atoms with Gasteiger partial charge >= 0.3 is 5.97 Å². The largest absolute Gasteiger partial charge is 0.462 e. The number of nitrogens with one attached hydrogen (secondary N) is 3. The number of fused-ring (bicyclic) bond motifs is 1. The first-order chi connectivity index (χ1) is 26.7. The third kappa shape index (κ3) is 10.1. The van der Waals surface area contributed by atoms with Crippen molar-refractivity contribution in [2.45, 2.75) is 31.3 Å². The summed E-state index contributed by atoms with van der Waals surface area (Å²) in [7, 11) is 0. The summed E-state index contributed by atoms with van der Waals surface area (Å²) in [4.78, 5) is 68.2. The van der Waals surface area contributed by atoms with Gasteiger partial charge in [0.15, 0.2) is 0 Å². The molecule has 0 saturated carbocycles. The molecule has 0 unspecified atom stereocenters. The predicted octanol–water partition coefficient (Wildman–Crippen LogP) is 7.53. The van der Waals surface area contributed by atoms with Crippen molar-refractivity contribution in [3.8, 4) is 0 Å². The molecule has 280 valence electrons. The molecule has 0 saturated heterocycles. The second-order valence-corrected chi connectivity index (χ2v) is 14.5. The van der Waals surface area contributed by atoms with Crippen LogP contribution < -0.4 is 16.0 Å². The van der Waals surface area contributed by atoms with Crippen molar-refractivity contribution in [3.05, 3.63) is 158 Å². The minimum atomic E-state index is -0.710. The van der Waals surface area contributed by atoms with Crippen LogP contribution >= 0.6 is 23.1 Å². The molecule has 1 aliphatic heterocycles. The molecular weight excluding hydrogens is 739 g/mol. The number of carbonyl (C=O) groups excluding carboxylic acids is 4. The Hall–Kier alpha value is -6.09. The Kier molecular flexibility index (Phi) is 12.9. The molecule has 4 aromatic carbocycles. The lowest BCUT2D eigenvalue weighted by Crippen LogP contribution is -2.30. The topological polar surface area (TPSA) is 160 Å². The number of thiophene rings is 1. The molecule has 6 rings (SSSR count). The first kappa shape index (κ1) is 38.6. The average Bonchev–Trinajstić information content (AvgIpc) is 3.54. The lowest BCUT2D eigenvalue weighted by atomic mass is 10.0. The molecule has 2 heterocycles. The van der Waals surface area contributed by atoms with Gasteiger partial charge in [0.05, 0.1) is 28.4 Å². The number of anilines is 2. The number of rotatable bonds is 14. The van der Waals surface area contributed by atoms with Crippen molar-refractivity contribution in [1.82, 2.24) is 10.2 Å². The van der Waals surface area contributed by atoms with E-state index in [0.717, 1.165) is 23.5 Å². The number of nitrogens with zero attached hydrogens (tertiary/aromatic N) is 2. The van der Waals surface area contributed by atoms with E-state index in [2.05, 4.69) is 33.0 Å². The minimum Gasteiger partial charge on any atom is -0.462 e. The fourth-order valence-corrected chi connectivity index (χ4v) is 8.04. The number of esters is 1. The second kappa shape index (κ2) is 18.3. The third-order valence-corrected chi connectivity index (χ3v) is 10.7. The number of hydrogen-bond donors (Lipinski definition) is 3. The van der Waals surface area contributed by atoms with Crippen LogP contribution in [0, 0.1) is 10.1 Å². The van der Waals surface area contributed by atoms with Crippen molar-refractivity contribution in [1.29, 1.82) is 0 Å². The summed E-state index contributed by atoms with van der Waals surface area (Å²) in [5, 5.41) is 20.4. The Morgan fingerprint density at radius 2 is 1.65 bits per heavy atom. The highest BCUT2D eigenvalue weighted by Gasteiger charge is 2.30. The second-order valence-electron chi connectivity index (χ2n) is 12.4. The number of carbonyl (C=O) groups is 4. The van der Waals surface area contributed by atoms with Crippen LogP contribution in [0.3, 0.4) is 0 Å². The van der Waals surface area contributed by atoms with E-state index in [1.54, 1.807) is 67.6 Å². The molecule has 1 aromatic heterocycles. The van der Waals surface area contributed by atoms with Crippen molar-refractivity contribution in [3.63, 3.8) is 0 Å². The summed E-state index contributed by atoms with van der Waals surface area (Å²) in [6.07, 6.45) is 1.91. The monoisotopic (exact) mass is 775 g/mol. The lowest BCUT2D eigenvalue weighted by Gasteiger charge is -2.27. The quantitative estimate of drug-likeness (QED) is 0.0341. The highest BCUT2D eigenvalue weighted by molar-refractivity contribution is 8.00. The van der Waals surface area contributed by atoms with Gasteiger partial charge < -0.3 is 20.7 Å². The zero-order valence-corrected chi connectivity index (χ0v) is 31.4. The lowest BCUT2D eigenvalue weighted by molar-refractivity contribution is -0.385. The highest BCUT2D eigenvalue weighted by Crippen LogP contribution is 2.38. The number of nitro benzene ring substituents is 1. The van der Waals surface area contributed by atoms with E-state index in [1.165, 1.54) is 52.9 Å². The van der Waals surface area contributed by atoms with Gasteiger partial charge in [-0.15, -0.1) is 23.1 Å². The number of hydrogen-bond acceptors (Lipinski definition) is 10. The average molecular weight is 776 g/mol. The molecule has 0 spiro atoms. The van der Waals surface area contributed by atoms with Crippen LogP contribution in [0.15, 0.2) is 120 Å². The molecule has 3 amide bonds. The maximum Gasteiger partial charge on any atom is 0.341 e. The molecule has 5 aromatic rings. The molecule has 14 heteroatoms. The van der Waals surface area contributed by atoms with Gasteiger partial charge in [0.2, 0.25) is 5.91 Å². The predicted molar refractivity (Wildman–Crippen MR) is 214 cm³/mol. The van der Waals surface area contributed by atoms with Crippen LogP contribution in [0.1, 0.15) is 49.2 Å². The molecule has 12 nitrogen and oxygen atoms in total. The van der Waals surface area contributed by atoms with E-state index in [9.17, 15) is 29.3 Å². The molecule has 1 aliphatic rings. The van der Waals surface area contributed by atoms with Gasteiger partial charge in [-0.25, -0.2) is 4.79 Å². The Bertz CT molecular complexity index is 2240. The van der Waals surface area contributed by atoms with E-state index in [-0.39, 0.29) is 35.2 Å². The summed E-state index contributed by atoms with van der Waals surface area (Å²) in [5.74, 6) is -2.05. The van der Waals surface area contributed by atoms with Gasteiger partial charge in [-0.05, 0) is 66.9 Å². The summed E-state index contributed by atoms with van der Waals surface area (Å²) in [5.41, 5.74) is 2.87. The van der Waals surface area contributed by atoms with Crippen LogP contribution in [-0.2, 0) is 33.8 Å². The number of thioether (sulfide) groups is 1. The SMILES string of the molecule is CCOC(=O)c1c(NC(=O)CSc2cccc(NC(=O)/C(=C\c3ccccc3[N+](=O)[O-])NC(=O)c3ccccc3)c2)sc2c1CCN(Cc1ccccc1)C2. The van der Waals surface area contributed by atoms with Gasteiger partial charge in [-0.2, -0.15) is 0 Å². The molecule has 0 fully saturated rings. The number of para-hydroxylation sites is 1. The van der Waals surface area contributed by atoms with E-state index < -0.39 is 22.7 Å². The van der Waals surface area contributed by atoms with Crippen LogP contribution in [-0.4, -0.2) is 52.4 Å². The van der Waals surface area contributed by atoms with Gasteiger partial charge in [0.25, 0.3) is 17.5 Å². The zero-order valence-electron chi connectivity index (χ0n) is 29.8.